The number of benzene rings is 1. The Morgan fingerprint density at radius 3 is 2.30 bits per heavy atom. The Bertz CT molecular complexity index is 767. The maximum absolute atomic E-state index is 12.2. The van der Waals surface area contributed by atoms with E-state index in [4.69, 9.17) is 14.0 Å². The second-order valence-corrected chi connectivity index (χ2v) is 8.51. The first kappa shape index (κ1) is 22.7. The third kappa shape index (κ3) is 10.4. The summed E-state index contributed by atoms with van der Waals surface area (Å²) in [4.78, 5) is 23.0. The fourth-order valence-electron chi connectivity index (χ4n) is 2.19. The van der Waals surface area contributed by atoms with Gasteiger partial charge in [-0.2, -0.15) is 8.42 Å². The molecule has 150 valence electrons. The zero-order valence-electron chi connectivity index (χ0n) is 15.7. The number of rotatable bonds is 8. The molecule has 0 saturated heterocycles. The summed E-state index contributed by atoms with van der Waals surface area (Å²) in [7, 11) is -3.92. The standard InChI is InChI=1S/C18H25NO7S/c1-18(2,3)25-17(22)19-14(12-13-8-6-5-7-9-13)15(10-11-16(20)21)26-27(4,23)24/h5-11,14-15H,12H2,1-4H3,(H,19,22)(H,20,21)/b11-10+. The van der Waals surface area contributed by atoms with Crippen LogP contribution in [0.1, 0.15) is 26.3 Å². The van der Waals surface area contributed by atoms with E-state index >= 15 is 0 Å². The number of carbonyl (C=O) groups is 2. The molecule has 27 heavy (non-hydrogen) atoms. The van der Waals surface area contributed by atoms with Crippen molar-refractivity contribution < 1.29 is 32.0 Å². The van der Waals surface area contributed by atoms with Crippen LogP contribution in [0.4, 0.5) is 4.79 Å². The number of ether oxygens (including phenoxy) is 1. The van der Waals surface area contributed by atoms with Crippen molar-refractivity contribution in [2.24, 2.45) is 0 Å². The van der Waals surface area contributed by atoms with Crippen LogP contribution in [-0.2, 0) is 30.3 Å². The molecule has 1 aromatic rings. The summed E-state index contributed by atoms with van der Waals surface area (Å²) >= 11 is 0. The maximum atomic E-state index is 12.2. The highest BCUT2D eigenvalue weighted by atomic mass is 32.2. The van der Waals surface area contributed by atoms with Crippen LogP contribution in [0.3, 0.4) is 0 Å². The zero-order chi connectivity index (χ0) is 20.7. The van der Waals surface area contributed by atoms with E-state index in [1.54, 1.807) is 45.0 Å². The third-order valence-electron chi connectivity index (χ3n) is 3.11. The number of carboxylic acid groups (broad SMARTS) is 1. The minimum absolute atomic E-state index is 0.199. The van der Waals surface area contributed by atoms with Gasteiger partial charge in [0, 0.05) is 6.08 Å². The molecule has 0 spiro atoms. The average molecular weight is 399 g/mol. The highest BCUT2D eigenvalue weighted by molar-refractivity contribution is 7.86. The summed E-state index contributed by atoms with van der Waals surface area (Å²) in [6, 6.07) is 8.10. The molecule has 0 aliphatic carbocycles. The van der Waals surface area contributed by atoms with Crippen LogP contribution in [0, 0.1) is 0 Å². The molecule has 1 rings (SSSR count). The molecule has 9 heteroatoms. The Balaban J connectivity index is 3.15. The highest BCUT2D eigenvalue weighted by Crippen LogP contribution is 2.14. The van der Waals surface area contributed by atoms with Gasteiger partial charge in [-0.1, -0.05) is 30.3 Å². The van der Waals surface area contributed by atoms with Gasteiger partial charge in [-0.05, 0) is 38.8 Å². The van der Waals surface area contributed by atoms with Crippen molar-refractivity contribution in [2.45, 2.75) is 44.9 Å². The first-order valence-electron chi connectivity index (χ1n) is 8.18. The molecule has 8 nitrogen and oxygen atoms in total. The molecule has 0 radical (unpaired) electrons. The molecule has 0 fully saturated rings. The second-order valence-electron chi connectivity index (χ2n) is 6.90. The third-order valence-corrected chi connectivity index (χ3v) is 3.68. The van der Waals surface area contributed by atoms with Gasteiger partial charge in [-0.3, -0.25) is 4.18 Å². The predicted octanol–water partition coefficient (Wildman–Crippen LogP) is 2.11. The van der Waals surface area contributed by atoms with E-state index in [1.165, 1.54) is 0 Å². The Kier molecular flexibility index (Phi) is 7.98. The molecule has 0 aromatic heterocycles. The van der Waals surface area contributed by atoms with Crippen LogP contribution >= 0.6 is 0 Å². The monoisotopic (exact) mass is 399 g/mol. The van der Waals surface area contributed by atoms with Gasteiger partial charge in [-0.25, -0.2) is 9.59 Å². The van der Waals surface area contributed by atoms with E-state index in [9.17, 15) is 18.0 Å². The molecular formula is C18H25NO7S. The minimum atomic E-state index is -3.92. The van der Waals surface area contributed by atoms with Crippen LogP contribution < -0.4 is 5.32 Å². The number of carbonyl (C=O) groups excluding carboxylic acids is 1. The molecule has 1 amide bonds. The number of amides is 1. The lowest BCUT2D eigenvalue weighted by molar-refractivity contribution is -0.131. The predicted molar refractivity (Wildman–Crippen MR) is 99.8 cm³/mol. The van der Waals surface area contributed by atoms with Crippen molar-refractivity contribution in [3.8, 4) is 0 Å². The second kappa shape index (κ2) is 9.52. The van der Waals surface area contributed by atoms with E-state index in [0.29, 0.717) is 0 Å². The number of hydrogen-bond donors (Lipinski definition) is 2. The van der Waals surface area contributed by atoms with Crippen LogP contribution in [0.2, 0.25) is 0 Å². The number of aliphatic carboxylic acids is 1. The SMILES string of the molecule is CC(C)(C)OC(=O)NC(Cc1ccccc1)C(/C=C/C(=O)O)OS(C)(=O)=O. The van der Waals surface area contributed by atoms with Crippen molar-refractivity contribution in [3.05, 3.63) is 48.0 Å². The van der Waals surface area contributed by atoms with Gasteiger partial charge >= 0.3 is 12.1 Å². The minimum Gasteiger partial charge on any atom is -0.478 e. The topological polar surface area (TPSA) is 119 Å². The zero-order valence-corrected chi connectivity index (χ0v) is 16.5. The number of nitrogens with one attached hydrogen (secondary N) is 1. The van der Waals surface area contributed by atoms with Crippen molar-refractivity contribution in [3.63, 3.8) is 0 Å². The van der Waals surface area contributed by atoms with Crippen LogP contribution in [0.25, 0.3) is 0 Å². The van der Waals surface area contributed by atoms with Gasteiger partial charge in [0.15, 0.2) is 0 Å². The van der Waals surface area contributed by atoms with Gasteiger partial charge in [0.2, 0.25) is 0 Å². The van der Waals surface area contributed by atoms with Gasteiger partial charge in [0.1, 0.15) is 11.7 Å². The Morgan fingerprint density at radius 1 is 1.22 bits per heavy atom. The van der Waals surface area contributed by atoms with Crippen molar-refractivity contribution >= 4 is 22.2 Å². The summed E-state index contributed by atoms with van der Waals surface area (Å²) in [5.41, 5.74) is 0.0373. The molecule has 2 atom stereocenters. The largest absolute Gasteiger partial charge is 0.478 e. The van der Waals surface area contributed by atoms with Crippen molar-refractivity contribution in [1.82, 2.24) is 5.32 Å². The molecule has 0 heterocycles. The van der Waals surface area contributed by atoms with E-state index in [2.05, 4.69) is 5.32 Å². The number of alkyl carbamates (subject to hydrolysis) is 1. The van der Waals surface area contributed by atoms with E-state index in [1.807, 2.05) is 6.07 Å². The summed E-state index contributed by atoms with van der Waals surface area (Å²) in [5, 5.41) is 11.4. The van der Waals surface area contributed by atoms with Crippen LogP contribution in [0.5, 0.6) is 0 Å². The Hall–Kier alpha value is -2.39. The quantitative estimate of drug-likeness (QED) is 0.507. The Morgan fingerprint density at radius 2 is 1.81 bits per heavy atom. The molecule has 0 aliphatic rings. The molecule has 2 unspecified atom stereocenters. The summed E-state index contributed by atoms with van der Waals surface area (Å²) in [6.45, 7) is 5.06. The average Bonchev–Trinajstić information content (AvgIpc) is 2.48. The fraction of sp³-hybridized carbons (Fsp3) is 0.444. The lowest BCUT2D eigenvalue weighted by Gasteiger charge is -2.27. The van der Waals surface area contributed by atoms with Gasteiger partial charge in [0.05, 0.1) is 12.3 Å². The van der Waals surface area contributed by atoms with Crippen LogP contribution in [0.15, 0.2) is 42.5 Å². The summed E-state index contributed by atoms with van der Waals surface area (Å²) in [5.74, 6) is -1.27. The molecule has 0 saturated carbocycles. The van der Waals surface area contributed by atoms with Gasteiger partial charge in [-0.15, -0.1) is 0 Å². The smallest absolute Gasteiger partial charge is 0.407 e. The number of hydrogen-bond acceptors (Lipinski definition) is 6. The lowest BCUT2D eigenvalue weighted by Crippen LogP contribution is -2.47. The molecule has 2 N–H and O–H groups in total. The fourth-order valence-corrected chi connectivity index (χ4v) is 2.79. The van der Waals surface area contributed by atoms with Gasteiger partial charge < -0.3 is 15.2 Å². The van der Waals surface area contributed by atoms with Crippen molar-refractivity contribution in [2.75, 3.05) is 6.26 Å². The first-order chi connectivity index (χ1) is 12.4. The molecule has 0 aliphatic heterocycles. The van der Waals surface area contributed by atoms with E-state index < -0.39 is 39.9 Å². The molecule has 0 bridgehead atoms. The number of carboxylic acids is 1. The normalized spacial score (nSPS) is 14.5. The summed E-state index contributed by atoms with van der Waals surface area (Å²) in [6.07, 6.45) is 0.892. The van der Waals surface area contributed by atoms with E-state index in [0.717, 1.165) is 24.0 Å². The van der Waals surface area contributed by atoms with E-state index in [-0.39, 0.29) is 6.42 Å². The summed E-state index contributed by atoms with van der Waals surface area (Å²) < 4.78 is 33.4. The first-order valence-corrected chi connectivity index (χ1v) is 10.0. The van der Waals surface area contributed by atoms with Crippen molar-refractivity contribution in [1.29, 1.82) is 0 Å². The molecular weight excluding hydrogens is 374 g/mol. The van der Waals surface area contributed by atoms with Crippen LogP contribution in [-0.4, -0.2) is 49.6 Å². The van der Waals surface area contributed by atoms with Gasteiger partial charge in [0.25, 0.3) is 10.1 Å². The highest BCUT2D eigenvalue weighted by Gasteiger charge is 2.28. The Labute approximate surface area is 159 Å². The maximum Gasteiger partial charge on any atom is 0.407 e. The molecule has 1 aromatic carbocycles. The lowest BCUT2D eigenvalue weighted by atomic mass is 10.0.